The number of nitro groups is 2. The molecule has 0 aliphatic carbocycles. The van der Waals surface area contributed by atoms with Crippen molar-refractivity contribution in [3.8, 4) is 0 Å². The molecule has 0 N–H and O–H groups in total. The standard InChI is InChI=1S/C20H29N2O5/c1-2-3-11-14-19(21(24)25)16-17-20(22(26)27)15-12-9-7-5-4-6-8-10-13-18-23/h3,7,9,11,15-16H,2,4-6,8,10,12-14,17H2,1H3/b9-7-,11-3-,19-16+,20-15+. The highest BCUT2D eigenvalue weighted by molar-refractivity contribution is 5.50. The van der Waals surface area contributed by atoms with E-state index in [-0.39, 0.29) is 24.2 Å². The van der Waals surface area contributed by atoms with E-state index < -0.39 is 9.85 Å². The van der Waals surface area contributed by atoms with Gasteiger partial charge in [-0.1, -0.05) is 44.1 Å². The Bertz CT molecular complexity index is 577. The Balaban J connectivity index is 4.44. The lowest BCUT2D eigenvalue weighted by atomic mass is 10.1. The van der Waals surface area contributed by atoms with Crippen molar-refractivity contribution in [2.24, 2.45) is 0 Å². The first kappa shape index (κ1) is 24.4. The van der Waals surface area contributed by atoms with Crippen molar-refractivity contribution in [1.29, 1.82) is 0 Å². The molecule has 0 atom stereocenters. The Morgan fingerprint density at radius 2 is 1.52 bits per heavy atom. The van der Waals surface area contributed by atoms with Crippen LogP contribution in [0.15, 0.2) is 47.9 Å². The molecule has 0 saturated heterocycles. The molecular formula is C20H29N2O5. The fourth-order valence-electron chi connectivity index (χ4n) is 2.29. The molecule has 7 nitrogen and oxygen atoms in total. The Hall–Kier alpha value is -2.57. The van der Waals surface area contributed by atoms with E-state index in [2.05, 4.69) is 0 Å². The van der Waals surface area contributed by atoms with Crippen LogP contribution in [0.5, 0.6) is 0 Å². The minimum absolute atomic E-state index is 0.0322. The van der Waals surface area contributed by atoms with Gasteiger partial charge in [0.15, 0.2) is 6.29 Å². The van der Waals surface area contributed by atoms with E-state index in [9.17, 15) is 25.0 Å². The van der Waals surface area contributed by atoms with Gasteiger partial charge in [-0.05, 0) is 44.3 Å². The van der Waals surface area contributed by atoms with Gasteiger partial charge in [0.2, 0.25) is 11.4 Å². The fraction of sp³-hybridized carbons (Fsp3) is 0.550. The molecule has 7 heteroatoms. The fourth-order valence-corrected chi connectivity index (χ4v) is 2.29. The van der Waals surface area contributed by atoms with Gasteiger partial charge in [0, 0.05) is 6.42 Å². The van der Waals surface area contributed by atoms with Gasteiger partial charge in [-0.15, -0.1) is 0 Å². The van der Waals surface area contributed by atoms with Crippen LogP contribution in [0, 0.1) is 20.2 Å². The number of hydrogen-bond donors (Lipinski definition) is 0. The van der Waals surface area contributed by atoms with Crippen LogP contribution in [-0.4, -0.2) is 16.1 Å². The van der Waals surface area contributed by atoms with Crippen LogP contribution < -0.4 is 0 Å². The second-order valence-corrected chi connectivity index (χ2v) is 6.00. The summed E-state index contributed by atoms with van der Waals surface area (Å²) < 4.78 is 0. The van der Waals surface area contributed by atoms with Crippen molar-refractivity contribution in [2.75, 3.05) is 0 Å². The van der Waals surface area contributed by atoms with E-state index in [1.807, 2.05) is 31.4 Å². The summed E-state index contributed by atoms with van der Waals surface area (Å²) in [5.41, 5.74) is -0.0706. The largest absolute Gasteiger partial charge is 0.291 e. The molecule has 0 aromatic carbocycles. The van der Waals surface area contributed by atoms with Gasteiger partial charge in [0.1, 0.15) is 0 Å². The molecule has 1 radical (unpaired) electrons. The monoisotopic (exact) mass is 377 g/mol. The van der Waals surface area contributed by atoms with Crippen LogP contribution in [0.3, 0.4) is 0 Å². The summed E-state index contributed by atoms with van der Waals surface area (Å²) in [6.45, 7) is 1.93. The minimum Gasteiger partial charge on any atom is -0.291 e. The molecule has 27 heavy (non-hydrogen) atoms. The van der Waals surface area contributed by atoms with Crippen molar-refractivity contribution in [3.05, 3.63) is 68.1 Å². The molecule has 0 aliphatic heterocycles. The van der Waals surface area contributed by atoms with E-state index in [0.717, 1.165) is 38.5 Å². The predicted molar refractivity (Wildman–Crippen MR) is 106 cm³/mol. The minimum atomic E-state index is -0.495. The molecule has 0 aliphatic rings. The maximum atomic E-state index is 11.1. The van der Waals surface area contributed by atoms with E-state index >= 15 is 0 Å². The number of rotatable bonds is 16. The van der Waals surface area contributed by atoms with Gasteiger partial charge >= 0.3 is 0 Å². The highest BCUT2D eigenvalue weighted by Crippen LogP contribution is 2.12. The first-order valence-corrected chi connectivity index (χ1v) is 9.34. The molecular weight excluding hydrogens is 348 g/mol. The van der Waals surface area contributed by atoms with Crippen LogP contribution in [0.4, 0.5) is 0 Å². The summed E-state index contributed by atoms with van der Waals surface area (Å²) in [6.07, 6.45) is 18.7. The summed E-state index contributed by atoms with van der Waals surface area (Å²) in [5, 5.41) is 22.1. The smallest absolute Gasteiger partial charge is 0.246 e. The SMILES string of the molecule is CC/C=C\C/C(=C\C/C(=C\C/C=C\CCCCCC[C]=O)[N+](=O)[O-])[N+](=O)[O-]. The predicted octanol–water partition coefficient (Wildman–Crippen LogP) is 5.45. The maximum Gasteiger partial charge on any atom is 0.246 e. The number of nitrogens with zero attached hydrogens (tertiary/aromatic N) is 2. The molecule has 0 bridgehead atoms. The van der Waals surface area contributed by atoms with Gasteiger partial charge in [-0.25, -0.2) is 0 Å². The molecule has 0 saturated carbocycles. The van der Waals surface area contributed by atoms with Crippen LogP contribution in [-0.2, 0) is 4.79 Å². The average Bonchev–Trinajstić information content (AvgIpc) is 2.63. The molecule has 0 spiro atoms. The van der Waals surface area contributed by atoms with Gasteiger partial charge in [0.05, 0.1) is 22.7 Å². The van der Waals surface area contributed by atoms with Crippen molar-refractivity contribution >= 4 is 6.29 Å². The Morgan fingerprint density at radius 3 is 2.15 bits per heavy atom. The van der Waals surface area contributed by atoms with Crippen LogP contribution >= 0.6 is 0 Å². The van der Waals surface area contributed by atoms with Crippen molar-refractivity contribution in [3.63, 3.8) is 0 Å². The molecule has 149 valence electrons. The average molecular weight is 377 g/mol. The first-order chi connectivity index (χ1) is 13.0. The van der Waals surface area contributed by atoms with Crippen molar-refractivity contribution in [2.45, 2.75) is 71.1 Å². The molecule has 0 fully saturated rings. The van der Waals surface area contributed by atoms with Crippen LogP contribution in [0.25, 0.3) is 0 Å². The number of unbranched alkanes of at least 4 members (excludes halogenated alkanes) is 5. The third-order valence-electron chi connectivity index (χ3n) is 3.80. The quantitative estimate of drug-likeness (QED) is 0.154. The summed E-state index contributed by atoms with van der Waals surface area (Å²) in [7, 11) is 0. The summed E-state index contributed by atoms with van der Waals surface area (Å²) in [4.78, 5) is 31.2. The van der Waals surface area contributed by atoms with E-state index in [4.69, 9.17) is 0 Å². The lowest BCUT2D eigenvalue weighted by molar-refractivity contribution is -0.431. The van der Waals surface area contributed by atoms with Gasteiger partial charge in [-0.2, -0.15) is 0 Å². The zero-order valence-corrected chi connectivity index (χ0v) is 16.0. The molecule has 0 heterocycles. The Kier molecular flexibility index (Phi) is 15.3. The lowest BCUT2D eigenvalue weighted by Crippen LogP contribution is -2.01. The highest BCUT2D eigenvalue weighted by Gasteiger charge is 2.13. The molecule has 0 unspecified atom stereocenters. The van der Waals surface area contributed by atoms with Crippen molar-refractivity contribution in [1.82, 2.24) is 0 Å². The van der Waals surface area contributed by atoms with Crippen LogP contribution in [0.1, 0.15) is 71.1 Å². The zero-order chi connectivity index (χ0) is 20.3. The summed E-state index contributed by atoms with van der Waals surface area (Å²) in [5.74, 6) is 0. The van der Waals surface area contributed by atoms with E-state index in [0.29, 0.717) is 12.8 Å². The Labute approximate surface area is 160 Å². The third kappa shape index (κ3) is 14.3. The normalized spacial score (nSPS) is 12.8. The highest BCUT2D eigenvalue weighted by atomic mass is 16.6. The van der Waals surface area contributed by atoms with E-state index in [1.54, 1.807) is 6.08 Å². The number of carbonyl (C=O) groups excluding carboxylic acids is 1. The number of allylic oxidation sites excluding steroid dienone is 6. The Morgan fingerprint density at radius 1 is 0.852 bits per heavy atom. The third-order valence-corrected chi connectivity index (χ3v) is 3.80. The molecule has 0 aromatic heterocycles. The lowest BCUT2D eigenvalue weighted by Gasteiger charge is -1.97. The molecule has 0 amide bonds. The van der Waals surface area contributed by atoms with Crippen LogP contribution in [0.2, 0.25) is 0 Å². The maximum absolute atomic E-state index is 11.1. The van der Waals surface area contributed by atoms with E-state index in [1.165, 1.54) is 12.2 Å². The number of hydrogen-bond acceptors (Lipinski definition) is 5. The van der Waals surface area contributed by atoms with Crippen molar-refractivity contribution < 1.29 is 14.6 Å². The summed E-state index contributed by atoms with van der Waals surface area (Å²) in [6, 6.07) is 0. The second-order valence-electron chi connectivity index (χ2n) is 6.00. The van der Waals surface area contributed by atoms with Gasteiger partial charge < -0.3 is 0 Å². The van der Waals surface area contributed by atoms with Gasteiger partial charge in [-0.3, -0.25) is 25.0 Å². The zero-order valence-electron chi connectivity index (χ0n) is 16.0. The second kappa shape index (κ2) is 16.9. The molecule has 0 aromatic rings. The topological polar surface area (TPSA) is 103 Å². The first-order valence-electron chi connectivity index (χ1n) is 9.34. The summed E-state index contributed by atoms with van der Waals surface area (Å²) >= 11 is 0. The molecule has 0 rings (SSSR count). The van der Waals surface area contributed by atoms with Gasteiger partial charge in [0.25, 0.3) is 0 Å².